The highest BCUT2D eigenvalue weighted by Crippen LogP contribution is 2.29. The fourth-order valence-electron chi connectivity index (χ4n) is 2.93. The second-order valence-corrected chi connectivity index (χ2v) is 6.89. The number of para-hydroxylation sites is 1. The van der Waals surface area contributed by atoms with E-state index >= 15 is 0 Å². The molecule has 0 bridgehead atoms. The molecule has 1 aliphatic rings. The normalized spacial score (nSPS) is 13.9. The Morgan fingerprint density at radius 3 is 2.25 bits per heavy atom. The van der Waals surface area contributed by atoms with Gasteiger partial charge in [-0.15, -0.1) is 0 Å². The molecule has 142 valence electrons. The summed E-state index contributed by atoms with van der Waals surface area (Å²) in [6, 6.07) is 18.9. The van der Waals surface area contributed by atoms with E-state index in [1.807, 2.05) is 54.7 Å². The first-order valence-corrected chi connectivity index (χ1v) is 9.54. The van der Waals surface area contributed by atoms with E-state index in [4.69, 9.17) is 23.2 Å². The van der Waals surface area contributed by atoms with Crippen LogP contribution in [0, 0.1) is 0 Å². The van der Waals surface area contributed by atoms with Crippen LogP contribution in [0.25, 0.3) is 0 Å². The van der Waals surface area contributed by atoms with Gasteiger partial charge >= 0.3 is 0 Å². The Balaban J connectivity index is 0.000000236. The van der Waals surface area contributed by atoms with Gasteiger partial charge in [-0.3, -0.25) is 14.8 Å². The lowest BCUT2D eigenvalue weighted by Gasteiger charge is -2.16. The third kappa shape index (κ3) is 4.58. The second-order valence-electron chi connectivity index (χ2n) is 6.07. The van der Waals surface area contributed by atoms with Gasteiger partial charge in [0.2, 0.25) is 0 Å². The first-order chi connectivity index (χ1) is 13.6. The molecule has 3 aromatic rings. The van der Waals surface area contributed by atoms with Crippen LogP contribution in [0.2, 0.25) is 10.0 Å². The average Bonchev–Trinajstić information content (AvgIpc) is 3.00. The molecule has 0 atom stereocenters. The van der Waals surface area contributed by atoms with Crippen LogP contribution in [0.1, 0.15) is 11.1 Å². The molecule has 0 saturated carbocycles. The molecule has 4 nitrogen and oxygen atoms in total. The molecule has 1 aromatic heterocycles. The number of anilines is 1. The Morgan fingerprint density at radius 1 is 0.964 bits per heavy atom. The number of hydrogen-bond donors (Lipinski definition) is 0. The summed E-state index contributed by atoms with van der Waals surface area (Å²) in [5, 5.41) is 1.21. The van der Waals surface area contributed by atoms with Gasteiger partial charge in [0, 0.05) is 31.5 Å². The predicted molar refractivity (Wildman–Crippen MR) is 116 cm³/mol. The summed E-state index contributed by atoms with van der Waals surface area (Å²) in [7, 11) is 1.66. The zero-order chi connectivity index (χ0) is 19.9. The highest BCUT2D eigenvalue weighted by atomic mass is 35.5. The van der Waals surface area contributed by atoms with Crippen LogP contribution in [0.5, 0.6) is 0 Å². The summed E-state index contributed by atoms with van der Waals surface area (Å²) < 4.78 is 0. The van der Waals surface area contributed by atoms with E-state index < -0.39 is 0 Å². The summed E-state index contributed by atoms with van der Waals surface area (Å²) in [6.07, 6.45) is 4.37. The van der Waals surface area contributed by atoms with Crippen LogP contribution in [0.3, 0.4) is 0 Å². The third-order valence-corrected chi connectivity index (χ3v) is 5.05. The maximum atomic E-state index is 12.4. The van der Waals surface area contributed by atoms with Gasteiger partial charge in [-0.05, 0) is 36.2 Å². The van der Waals surface area contributed by atoms with E-state index in [1.165, 1.54) is 0 Å². The predicted octanol–water partition coefficient (Wildman–Crippen LogP) is 5.08. The topological polar surface area (TPSA) is 45.6 Å². The molecule has 0 fully saturated rings. The molecule has 6 heteroatoms. The Hall–Kier alpha value is -2.69. The summed E-state index contributed by atoms with van der Waals surface area (Å²) in [5.74, 6) is -0.0161. The van der Waals surface area contributed by atoms with E-state index in [-0.39, 0.29) is 5.91 Å². The number of amides is 1. The van der Waals surface area contributed by atoms with E-state index in [0.29, 0.717) is 22.3 Å². The first-order valence-electron chi connectivity index (χ1n) is 8.79. The highest BCUT2D eigenvalue weighted by molar-refractivity contribution is 6.54. The van der Waals surface area contributed by atoms with Crippen molar-refractivity contribution in [2.45, 2.75) is 6.42 Å². The minimum Gasteiger partial charge on any atom is -0.306 e. The van der Waals surface area contributed by atoms with Crippen LogP contribution in [-0.2, 0) is 11.2 Å². The van der Waals surface area contributed by atoms with Crippen molar-refractivity contribution in [3.8, 4) is 0 Å². The fraction of sp³-hybridized carbons (Fsp3) is 0.136. The van der Waals surface area contributed by atoms with Crippen LogP contribution >= 0.6 is 23.2 Å². The Morgan fingerprint density at radius 2 is 1.64 bits per heavy atom. The van der Waals surface area contributed by atoms with E-state index in [2.05, 4.69) is 9.98 Å². The third-order valence-electron chi connectivity index (χ3n) is 4.29. The second kappa shape index (κ2) is 9.49. The molecule has 0 aliphatic carbocycles. The number of rotatable bonds is 3. The van der Waals surface area contributed by atoms with Gasteiger partial charge in [0.25, 0.3) is 5.91 Å². The number of benzene rings is 2. The van der Waals surface area contributed by atoms with Crippen molar-refractivity contribution in [2.75, 3.05) is 18.5 Å². The quantitative estimate of drug-likeness (QED) is 0.602. The van der Waals surface area contributed by atoms with Crippen molar-refractivity contribution < 1.29 is 4.79 Å². The summed E-state index contributed by atoms with van der Waals surface area (Å²) in [6.45, 7) is 0.639. The fourth-order valence-corrected chi connectivity index (χ4v) is 3.20. The maximum Gasteiger partial charge on any atom is 0.277 e. The Labute approximate surface area is 174 Å². The van der Waals surface area contributed by atoms with E-state index in [0.717, 1.165) is 23.2 Å². The molecular formula is C22H19Cl2N3O. The van der Waals surface area contributed by atoms with E-state index in [9.17, 15) is 4.79 Å². The number of halogens is 2. The summed E-state index contributed by atoms with van der Waals surface area (Å²) in [4.78, 5) is 22.4. The van der Waals surface area contributed by atoms with Crippen molar-refractivity contribution in [2.24, 2.45) is 4.99 Å². The van der Waals surface area contributed by atoms with E-state index in [1.54, 1.807) is 30.3 Å². The first kappa shape index (κ1) is 20.1. The minimum absolute atomic E-state index is 0.0161. The lowest BCUT2D eigenvalue weighted by atomic mass is 10.1. The lowest BCUT2D eigenvalue weighted by molar-refractivity contribution is -0.112. The van der Waals surface area contributed by atoms with Gasteiger partial charge in [0.05, 0.1) is 15.7 Å². The largest absolute Gasteiger partial charge is 0.306 e. The van der Waals surface area contributed by atoms with Gasteiger partial charge in [0.15, 0.2) is 0 Å². The minimum atomic E-state index is -0.0161. The van der Waals surface area contributed by atoms with Crippen LogP contribution in [0.15, 0.2) is 78.0 Å². The monoisotopic (exact) mass is 411 g/mol. The zero-order valence-electron chi connectivity index (χ0n) is 15.3. The number of carbonyl (C=O) groups excluding carboxylic acids is 1. The molecule has 0 spiro atoms. The molecule has 2 aromatic carbocycles. The molecule has 0 N–H and O–H groups in total. The molecule has 1 aliphatic heterocycles. The molecule has 1 amide bonds. The molecule has 0 radical (unpaired) electrons. The molecule has 0 unspecified atom stereocenters. The smallest absolute Gasteiger partial charge is 0.277 e. The van der Waals surface area contributed by atoms with Crippen molar-refractivity contribution in [3.63, 3.8) is 0 Å². The summed E-state index contributed by atoms with van der Waals surface area (Å²) in [5.41, 5.74) is 3.54. The standard InChI is InChI=1S/C16H15N3O.C6H4Cl2/c1-17-15-13-6-2-3-7-14(13)19(16(15)20)10-8-12-5-4-9-18-11-12;7-5-3-1-2-4-6(5)8/h2-7,9,11H,8,10H2,1H3;1-4H. The molecule has 0 saturated heterocycles. The Kier molecular flexibility index (Phi) is 6.80. The molecule has 4 rings (SSSR count). The van der Waals surface area contributed by atoms with Crippen molar-refractivity contribution in [1.82, 2.24) is 4.98 Å². The van der Waals surface area contributed by atoms with Crippen LogP contribution in [0.4, 0.5) is 5.69 Å². The molecule has 2 heterocycles. The summed E-state index contributed by atoms with van der Waals surface area (Å²) >= 11 is 11.2. The van der Waals surface area contributed by atoms with Gasteiger partial charge < -0.3 is 4.90 Å². The number of fused-ring (bicyclic) bond motifs is 1. The van der Waals surface area contributed by atoms with Crippen molar-refractivity contribution >= 4 is 40.5 Å². The highest BCUT2D eigenvalue weighted by Gasteiger charge is 2.32. The molecule has 28 heavy (non-hydrogen) atoms. The number of hydrogen-bond acceptors (Lipinski definition) is 3. The van der Waals surface area contributed by atoms with Crippen LogP contribution < -0.4 is 4.90 Å². The number of nitrogens with zero attached hydrogens (tertiary/aromatic N) is 3. The average molecular weight is 412 g/mol. The van der Waals surface area contributed by atoms with Crippen molar-refractivity contribution in [1.29, 1.82) is 0 Å². The zero-order valence-corrected chi connectivity index (χ0v) is 16.9. The van der Waals surface area contributed by atoms with Gasteiger partial charge in [-0.1, -0.05) is 59.6 Å². The lowest BCUT2D eigenvalue weighted by Crippen LogP contribution is -2.32. The van der Waals surface area contributed by atoms with Gasteiger partial charge in [-0.2, -0.15) is 0 Å². The van der Waals surface area contributed by atoms with Gasteiger partial charge in [0.1, 0.15) is 5.71 Å². The number of aliphatic imine (C=N–C) groups is 1. The molecular weight excluding hydrogens is 393 g/mol. The SMILES string of the molecule is CN=C1C(=O)N(CCc2cccnc2)c2ccccc21.Clc1ccccc1Cl. The van der Waals surface area contributed by atoms with Crippen LogP contribution in [-0.4, -0.2) is 30.2 Å². The number of pyridine rings is 1. The van der Waals surface area contributed by atoms with Gasteiger partial charge in [-0.25, -0.2) is 0 Å². The Bertz CT molecular complexity index is 969. The number of aromatic nitrogens is 1. The number of carbonyl (C=O) groups is 1. The maximum absolute atomic E-state index is 12.4. The van der Waals surface area contributed by atoms with Crippen molar-refractivity contribution in [3.05, 3.63) is 94.2 Å².